The molecule has 3 fully saturated rings. The van der Waals surface area contributed by atoms with Crippen LogP contribution in [0.3, 0.4) is 0 Å². The van der Waals surface area contributed by atoms with Crippen LogP contribution in [0.2, 0.25) is 0 Å². The second-order valence-electron chi connectivity index (χ2n) is 9.25. The minimum Gasteiger partial charge on any atom is -0.442 e. The first-order valence-electron chi connectivity index (χ1n) is 11.2. The molecule has 1 amide bonds. The number of benzene rings is 1. The van der Waals surface area contributed by atoms with E-state index in [1.807, 2.05) is 12.1 Å². The summed E-state index contributed by atoms with van der Waals surface area (Å²) < 4.78 is 22.1. The number of nitriles is 1. The maximum absolute atomic E-state index is 15.1. The van der Waals surface area contributed by atoms with Crippen LogP contribution in [0.25, 0.3) is 11.1 Å². The Morgan fingerprint density at radius 3 is 2.71 bits per heavy atom. The maximum Gasteiger partial charge on any atom is 0.414 e. The number of hydrogen-bond acceptors (Lipinski definition) is 7. The monoisotopic (exact) mass is 459 g/mol. The molecule has 2 aliphatic heterocycles. The summed E-state index contributed by atoms with van der Waals surface area (Å²) in [4.78, 5) is 20.6. The van der Waals surface area contributed by atoms with Crippen LogP contribution in [0.4, 0.5) is 14.9 Å². The number of piperidine rings is 1. The standard InChI is InChI=1S/C24H22FN7O2/c1-30-12-19-20(13-30)24(19,14-26)22-5-2-15(9-27-22)18-4-3-16(8-21(18)25)32-11-17(34-23(32)33)10-31-7-6-28-29-31/h2-9,17,19-20H,10-13H2,1H3/t17-,19?,20?,24?/m0/s1. The van der Waals surface area contributed by atoms with Gasteiger partial charge >= 0.3 is 6.09 Å². The van der Waals surface area contributed by atoms with Gasteiger partial charge in [0.25, 0.3) is 0 Å². The van der Waals surface area contributed by atoms with Gasteiger partial charge in [0.05, 0.1) is 36.7 Å². The van der Waals surface area contributed by atoms with E-state index in [1.54, 1.807) is 35.4 Å². The van der Waals surface area contributed by atoms with Crippen molar-refractivity contribution in [2.45, 2.75) is 18.1 Å². The highest BCUT2D eigenvalue weighted by atomic mass is 19.1. The Bertz CT molecular complexity index is 1280. The van der Waals surface area contributed by atoms with Crippen LogP contribution >= 0.6 is 0 Å². The molecule has 172 valence electrons. The van der Waals surface area contributed by atoms with Crippen molar-refractivity contribution in [3.63, 3.8) is 0 Å². The summed E-state index contributed by atoms with van der Waals surface area (Å²) in [7, 11) is 2.07. The SMILES string of the molecule is CN1CC2C(C1)C2(C#N)c1ccc(-c2ccc(N3C[C@H](Cn4ccnn4)OC3=O)cc2F)cn1. The number of ether oxygens (including phenoxy) is 1. The number of cyclic esters (lactones) is 1. The van der Waals surface area contributed by atoms with E-state index >= 15 is 4.39 Å². The molecule has 2 unspecified atom stereocenters. The number of pyridine rings is 1. The Balaban J connectivity index is 1.19. The summed E-state index contributed by atoms with van der Waals surface area (Å²) in [5, 5.41) is 17.5. The van der Waals surface area contributed by atoms with Gasteiger partial charge in [-0.25, -0.2) is 13.9 Å². The molecule has 3 aromatic rings. The van der Waals surface area contributed by atoms with Crippen LogP contribution in [0, 0.1) is 29.0 Å². The van der Waals surface area contributed by atoms with Gasteiger partial charge in [0.15, 0.2) is 0 Å². The van der Waals surface area contributed by atoms with Gasteiger partial charge in [-0.15, -0.1) is 5.10 Å². The molecule has 4 heterocycles. The third kappa shape index (κ3) is 3.15. The summed E-state index contributed by atoms with van der Waals surface area (Å²) in [6.45, 7) is 2.47. The van der Waals surface area contributed by atoms with Crippen LogP contribution < -0.4 is 4.90 Å². The highest BCUT2D eigenvalue weighted by molar-refractivity contribution is 5.90. The number of amides is 1. The molecule has 0 spiro atoms. The number of anilines is 1. The number of rotatable bonds is 5. The molecule has 0 radical (unpaired) electrons. The van der Waals surface area contributed by atoms with Crippen LogP contribution in [-0.2, 0) is 16.7 Å². The molecule has 0 bridgehead atoms. The van der Waals surface area contributed by atoms with Gasteiger partial charge in [0, 0.05) is 48.4 Å². The lowest BCUT2D eigenvalue weighted by Crippen LogP contribution is -2.27. The van der Waals surface area contributed by atoms with Gasteiger partial charge in [-0.1, -0.05) is 11.3 Å². The van der Waals surface area contributed by atoms with Crippen LogP contribution in [0.15, 0.2) is 48.9 Å². The zero-order valence-electron chi connectivity index (χ0n) is 18.5. The number of fused-ring (bicyclic) bond motifs is 1. The highest BCUT2D eigenvalue weighted by Crippen LogP contribution is 2.62. The molecule has 1 aromatic carbocycles. The van der Waals surface area contributed by atoms with E-state index in [9.17, 15) is 10.1 Å². The van der Waals surface area contributed by atoms with E-state index in [-0.39, 0.29) is 0 Å². The Hall–Kier alpha value is -3.84. The fourth-order valence-corrected chi connectivity index (χ4v) is 5.50. The fourth-order valence-electron chi connectivity index (χ4n) is 5.50. The quantitative estimate of drug-likeness (QED) is 0.578. The summed E-state index contributed by atoms with van der Waals surface area (Å²) >= 11 is 0. The maximum atomic E-state index is 15.1. The first-order chi connectivity index (χ1) is 16.5. The van der Waals surface area contributed by atoms with E-state index < -0.39 is 23.4 Å². The summed E-state index contributed by atoms with van der Waals surface area (Å²) in [5.41, 5.74) is 1.67. The van der Waals surface area contributed by atoms with E-state index in [2.05, 4.69) is 33.3 Å². The van der Waals surface area contributed by atoms with Crippen molar-refractivity contribution in [1.82, 2.24) is 24.9 Å². The fraction of sp³-hybridized carbons (Fsp3) is 0.375. The second kappa shape index (κ2) is 7.60. The van der Waals surface area contributed by atoms with Crippen molar-refractivity contribution in [2.24, 2.45) is 11.8 Å². The van der Waals surface area contributed by atoms with Gasteiger partial charge in [-0.3, -0.25) is 9.88 Å². The number of aromatic nitrogens is 4. The minimum atomic E-state index is -0.522. The minimum absolute atomic E-state index is 0.293. The Morgan fingerprint density at radius 2 is 2.06 bits per heavy atom. The van der Waals surface area contributed by atoms with Crippen molar-refractivity contribution < 1.29 is 13.9 Å². The van der Waals surface area contributed by atoms with Gasteiger partial charge in [-0.2, -0.15) is 5.26 Å². The van der Waals surface area contributed by atoms with Crippen LogP contribution in [0.5, 0.6) is 0 Å². The van der Waals surface area contributed by atoms with Gasteiger partial charge < -0.3 is 9.64 Å². The van der Waals surface area contributed by atoms with Crippen LogP contribution in [-0.4, -0.2) is 63.8 Å². The van der Waals surface area contributed by atoms with Crippen molar-refractivity contribution in [1.29, 1.82) is 5.26 Å². The molecule has 2 saturated heterocycles. The van der Waals surface area contributed by atoms with Crippen LogP contribution in [0.1, 0.15) is 5.69 Å². The number of carbonyl (C=O) groups excluding carboxylic acids is 1. The van der Waals surface area contributed by atoms with E-state index in [1.165, 1.54) is 11.0 Å². The second-order valence-corrected chi connectivity index (χ2v) is 9.25. The van der Waals surface area contributed by atoms with Crippen molar-refractivity contribution >= 4 is 11.8 Å². The molecule has 9 nitrogen and oxygen atoms in total. The molecule has 10 heteroatoms. The topological polar surface area (TPSA) is 100 Å². The predicted octanol–water partition coefficient (Wildman–Crippen LogP) is 2.46. The van der Waals surface area contributed by atoms with Crippen molar-refractivity contribution in [2.75, 3.05) is 31.6 Å². The average Bonchev–Trinajstić information content (AvgIpc) is 3.31. The number of nitrogens with zero attached hydrogens (tertiary/aromatic N) is 7. The van der Waals surface area contributed by atoms with Gasteiger partial charge in [0.1, 0.15) is 17.3 Å². The highest BCUT2D eigenvalue weighted by Gasteiger charge is 2.70. The average molecular weight is 459 g/mol. The summed E-state index contributed by atoms with van der Waals surface area (Å²) in [5.74, 6) is 0.162. The van der Waals surface area contributed by atoms with Gasteiger partial charge in [-0.05, 0) is 31.3 Å². The lowest BCUT2D eigenvalue weighted by atomic mass is 9.95. The molecular formula is C24H22FN7O2. The first-order valence-corrected chi connectivity index (χ1v) is 11.2. The third-order valence-electron chi connectivity index (χ3n) is 7.25. The summed E-state index contributed by atoms with van der Waals surface area (Å²) in [6.07, 6.45) is 3.95. The Kier molecular flexibility index (Phi) is 4.64. The summed E-state index contributed by atoms with van der Waals surface area (Å²) in [6, 6.07) is 10.8. The number of likely N-dealkylation sites (tertiary alicyclic amines) is 1. The predicted molar refractivity (Wildman–Crippen MR) is 119 cm³/mol. The molecule has 2 aromatic heterocycles. The Morgan fingerprint density at radius 1 is 1.24 bits per heavy atom. The molecule has 1 aliphatic carbocycles. The smallest absolute Gasteiger partial charge is 0.414 e. The van der Waals surface area contributed by atoms with Crippen molar-refractivity contribution in [3.05, 3.63) is 60.4 Å². The molecular weight excluding hydrogens is 437 g/mol. The number of hydrogen-bond donors (Lipinski definition) is 0. The lowest BCUT2D eigenvalue weighted by Gasteiger charge is -2.18. The van der Waals surface area contributed by atoms with Crippen molar-refractivity contribution in [3.8, 4) is 17.2 Å². The molecule has 3 aliphatic rings. The molecule has 6 rings (SSSR count). The number of carbonyl (C=O) groups is 1. The van der Waals surface area contributed by atoms with E-state index in [0.717, 1.165) is 18.8 Å². The Labute approximate surface area is 195 Å². The van der Waals surface area contributed by atoms with E-state index in [4.69, 9.17) is 4.74 Å². The third-order valence-corrected chi connectivity index (χ3v) is 7.25. The first kappa shape index (κ1) is 20.7. The largest absolute Gasteiger partial charge is 0.442 e. The molecule has 3 atom stereocenters. The van der Waals surface area contributed by atoms with Gasteiger partial charge in [0.2, 0.25) is 0 Å². The number of halogens is 1. The zero-order chi connectivity index (χ0) is 23.4. The van der Waals surface area contributed by atoms with E-state index in [0.29, 0.717) is 41.7 Å². The lowest BCUT2D eigenvalue weighted by molar-refractivity contribution is 0.129. The molecule has 1 saturated carbocycles. The molecule has 0 N–H and O–H groups in total. The molecule has 34 heavy (non-hydrogen) atoms. The zero-order valence-corrected chi connectivity index (χ0v) is 18.5. The normalized spacial score (nSPS) is 28.0.